The summed E-state index contributed by atoms with van der Waals surface area (Å²) in [6.45, 7) is 3.68. The van der Waals surface area contributed by atoms with Crippen LogP contribution in [0, 0.1) is 6.92 Å². The molecule has 1 saturated heterocycles. The summed E-state index contributed by atoms with van der Waals surface area (Å²) in [5.41, 5.74) is 1.01. The van der Waals surface area contributed by atoms with Gasteiger partial charge in [-0.1, -0.05) is 12.8 Å². The van der Waals surface area contributed by atoms with Crippen molar-refractivity contribution < 1.29 is 9.21 Å². The molecule has 0 radical (unpaired) electrons. The summed E-state index contributed by atoms with van der Waals surface area (Å²) < 4.78 is 5.23. The molecule has 0 bridgehead atoms. The molecular weight excluding hydrogens is 190 g/mol. The third kappa shape index (κ3) is 2.41. The van der Waals surface area contributed by atoms with E-state index in [1.165, 1.54) is 12.8 Å². The molecular formula is C12H17NO2. The number of hydrogen-bond donors (Lipinski definition) is 0. The van der Waals surface area contributed by atoms with E-state index >= 15 is 0 Å². The Kier molecular flexibility index (Phi) is 3.09. The van der Waals surface area contributed by atoms with Crippen LogP contribution in [0.4, 0.5) is 0 Å². The van der Waals surface area contributed by atoms with Crippen molar-refractivity contribution in [1.29, 1.82) is 0 Å². The molecule has 15 heavy (non-hydrogen) atoms. The second-order valence-corrected chi connectivity index (χ2v) is 4.19. The summed E-state index contributed by atoms with van der Waals surface area (Å²) in [7, 11) is 0. The van der Waals surface area contributed by atoms with Gasteiger partial charge in [-0.25, -0.2) is 0 Å². The second kappa shape index (κ2) is 4.51. The molecule has 1 aliphatic rings. The SMILES string of the molecule is Cc1coc(C(=O)N2CCCCCC2)c1. The Morgan fingerprint density at radius 2 is 1.93 bits per heavy atom. The maximum absolute atomic E-state index is 12.0. The van der Waals surface area contributed by atoms with E-state index in [-0.39, 0.29) is 5.91 Å². The Balaban J connectivity index is 2.06. The molecule has 2 heterocycles. The quantitative estimate of drug-likeness (QED) is 0.709. The topological polar surface area (TPSA) is 33.5 Å². The van der Waals surface area contributed by atoms with Crippen molar-refractivity contribution in [2.75, 3.05) is 13.1 Å². The van der Waals surface area contributed by atoms with Gasteiger partial charge in [0.1, 0.15) is 0 Å². The zero-order valence-corrected chi connectivity index (χ0v) is 9.16. The van der Waals surface area contributed by atoms with Crippen molar-refractivity contribution in [1.82, 2.24) is 4.90 Å². The van der Waals surface area contributed by atoms with E-state index in [1.807, 2.05) is 17.9 Å². The van der Waals surface area contributed by atoms with E-state index in [1.54, 1.807) is 6.26 Å². The van der Waals surface area contributed by atoms with Gasteiger partial charge in [0, 0.05) is 13.1 Å². The van der Waals surface area contributed by atoms with Crippen molar-refractivity contribution in [2.24, 2.45) is 0 Å². The van der Waals surface area contributed by atoms with Crippen molar-refractivity contribution in [3.8, 4) is 0 Å². The minimum atomic E-state index is 0.0463. The molecule has 2 rings (SSSR count). The number of rotatable bonds is 1. The Morgan fingerprint density at radius 1 is 1.27 bits per heavy atom. The van der Waals surface area contributed by atoms with Crippen molar-refractivity contribution >= 4 is 5.91 Å². The number of carbonyl (C=O) groups is 1. The maximum atomic E-state index is 12.0. The predicted octanol–water partition coefficient (Wildman–Crippen LogP) is 2.60. The molecule has 0 N–H and O–H groups in total. The number of likely N-dealkylation sites (tertiary alicyclic amines) is 1. The van der Waals surface area contributed by atoms with Gasteiger partial charge in [0.2, 0.25) is 0 Å². The van der Waals surface area contributed by atoms with Crippen LogP contribution >= 0.6 is 0 Å². The average Bonchev–Trinajstić information content (AvgIpc) is 2.53. The zero-order valence-electron chi connectivity index (χ0n) is 9.16. The van der Waals surface area contributed by atoms with E-state index in [9.17, 15) is 4.79 Å². The van der Waals surface area contributed by atoms with Crippen LogP contribution < -0.4 is 0 Å². The maximum Gasteiger partial charge on any atom is 0.289 e. The second-order valence-electron chi connectivity index (χ2n) is 4.19. The molecule has 3 heteroatoms. The zero-order chi connectivity index (χ0) is 10.7. The molecule has 1 aromatic heterocycles. The van der Waals surface area contributed by atoms with Gasteiger partial charge in [0.05, 0.1) is 6.26 Å². The highest BCUT2D eigenvalue weighted by molar-refractivity contribution is 5.91. The number of hydrogen-bond acceptors (Lipinski definition) is 2. The highest BCUT2D eigenvalue weighted by Gasteiger charge is 2.19. The lowest BCUT2D eigenvalue weighted by Crippen LogP contribution is -2.31. The molecule has 1 aromatic rings. The molecule has 1 amide bonds. The Bertz CT molecular complexity index is 335. The van der Waals surface area contributed by atoms with Crippen LogP contribution in [0.25, 0.3) is 0 Å². The van der Waals surface area contributed by atoms with E-state index in [0.29, 0.717) is 5.76 Å². The van der Waals surface area contributed by atoms with E-state index < -0.39 is 0 Å². The summed E-state index contributed by atoms with van der Waals surface area (Å²) in [5, 5.41) is 0. The van der Waals surface area contributed by atoms with Gasteiger partial charge in [-0.15, -0.1) is 0 Å². The fourth-order valence-corrected chi connectivity index (χ4v) is 1.97. The largest absolute Gasteiger partial charge is 0.459 e. The normalized spacial score (nSPS) is 17.5. The third-order valence-corrected chi connectivity index (χ3v) is 2.83. The fraction of sp³-hybridized carbons (Fsp3) is 0.583. The molecule has 82 valence electrons. The Morgan fingerprint density at radius 3 is 2.47 bits per heavy atom. The van der Waals surface area contributed by atoms with Crippen LogP contribution in [0.15, 0.2) is 16.7 Å². The van der Waals surface area contributed by atoms with Gasteiger partial charge in [0.25, 0.3) is 5.91 Å². The van der Waals surface area contributed by atoms with Gasteiger partial charge in [0.15, 0.2) is 5.76 Å². The van der Waals surface area contributed by atoms with Crippen LogP contribution in [-0.4, -0.2) is 23.9 Å². The van der Waals surface area contributed by atoms with E-state index in [2.05, 4.69) is 0 Å². The molecule has 0 spiro atoms. The Hall–Kier alpha value is -1.25. The summed E-state index contributed by atoms with van der Waals surface area (Å²) in [4.78, 5) is 13.9. The number of aryl methyl sites for hydroxylation is 1. The molecule has 3 nitrogen and oxygen atoms in total. The first-order chi connectivity index (χ1) is 7.27. The molecule has 0 aliphatic carbocycles. The van der Waals surface area contributed by atoms with Gasteiger partial charge in [-0.2, -0.15) is 0 Å². The highest BCUT2D eigenvalue weighted by Crippen LogP contribution is 2.14. The average molecular weight is 207 g/mol. The molecule has 0 atom stereocenters. The first-order valence-corrected chi connectivity index (χ1v) is 5.62. The molecule has 0 aromatic carbocycles. The lowest BCUT2D eigenvalue weighted by molar-refractivity contribution is 0.0729. The fourth-order valence-electron chi connectivity index (χ4n) is 1.97. The van der Waals surface area contributed by atoms with Gasteiger partial charge >= 0.3 is 0 Å². The smallest absolute Gasteiger partial charge is 0.289 e. The van der Waals surface area contributed by atoms with Gasteiger partial charge in [-0.3, -0.25) is 4.79 Å². The van der Waals surface area contributed by atoms with Crippen LogP contribution in [0.1, 0.15) is 41.8 Å². The number of carbonyl (C=O) groups excluding carboxylic acids is 1. The monoisotopic (exact) mass is 207 g/mol. The van der Waals surface area contributed by atoms with Crippen LogP contribution in [0.3, 0.4) is 0 Å². The van der Waals surface area contributed by atoms with Gasteiger partial charge in [-0.05, 0) is 31.4 Å². The van der Waals surface area contributed by atoms with E-state index in [4.69, 9.17) is 4.42 Å². The number of amides is 1. The minimum Gasteiger partial charge on any atom is -0.459 e. The molecule has 1 aliphatic heterocycles. The standard InChI is InChI=1S/C12H17NO2/c1-10-8-11(15-9-10)12(14)13-6-4-2-3-5-7-13/h8-9H,2-7H2,1H3. The van der Waals surface area contributed by atoms with Crippen molar-refractivity contribution in [3.05, 3.63) is 23.7 Å². The summed E-state index contributed by atoms with van der Waals surface area (Å²) in [6.07, 6.45) is 6.34. The lowest BCUT2D eigenvalue weighted by atomic mass is 10.2. The molecule has 0 saturated carbocycles. The summed E-state index contributed by atoms with van der Waals surface area (Å²) >= 11 is 0. The number of furan rings is 1. The van der Waals surface area contributed by atoms with E-state index in [0.717, 1.165) is 31.5 Å². The molecule has 0 unspecified atom stereocenters. The van der Waals surface area contributed by atoms with Gasteiger partial charge < -0.3 is 9.32 Å². The molecule has 1 fully saturated rings. The first-order valence-electron chi connectivity index (χ1n) is 5.62. The summed E-state index contributed by atoms with van der Waals surface area (Å²) in [5.74, 6) is 0.527. The highest BCUT2D eigenvalue weighted by atomic mass is 16.3. The van der Waals surface area contributed by atoms with Crippen LogP contribution in [0.5, 0.6) is 0 Å². The Labute approximate surface area is 90.1 Å². The van der Waals surface area contributed by atoms with Crippen LogP contribution in [0.2, 0.25) is 0 Å². The van der Waals surface area contributed by atoms with Crippen molar-refractivity contribution in [2.45, 2.75) is 32.6 Å². The third-order valence-electron chi connectivity index (χ3n) is 2.83. The van der Waals surface area contributed by atoms with Crippen LogP contribution in [-0.2, 0) is 0 Å². The number of nitrogens with zero attached hydrogens (tertiary/aromatic N) is 1. The lowest BCUT2D eigenvalue weighted by Gasteiger charge is -2.18. The minimum absolute atomic E-state index is 0.0463. The first kappa shape index (κ1) is 10.3. The van der Waals surface area contributed by atoms with Crippen molar-refractivity contribution in [3.63, 3.8) is 0 Å². The predicted molar refractivity (Wildman–Crippen MR) is 57.8 cm³/mol. The summed E-state index contributed by atoms with van der Waals surface area (Å²) in [6, 6.07) is 1.81.